The molecule has 0 radical (unpaired) electrons. The summed E-state index contributed by atoms with van der Waals surface area (Å²) in [5.41, 5.74) is 4.23. The molecule has 92 valence electrons. The van der Waals surface area contributed by atoms with Gasteiger partial charge in [-0.1, -0.05) is 0 Å². The average molecular weight is 259 g/mol. The van der Waals surface area contributed by atoms with E-state index in [1.54, 1.807) is 12.4 Å². The molecule has 3 rings (SSSR count). The minimum atomic E-state index is 0.709. The van der Waals surface area contributed by atoms with Gasteiger partial charge in [0.1, 0.15) is 0 Å². The predicted molar refractivity (Wildman–Crippen MR) is 72.0 cm³/mol. The molecule has 0 fully saturated rings. The highest BCUT2D eigenvalue weighted by molar-refractivity contribution is 7.71. The molecule has 0 amide bonds. The summed E-state index contributed by atoms with van der Waals surface area (Å²) in [6.07, 6.45) is 5.59. The highest BCUT2D eigenvalue weighted by Gasteiger charge is 2.08. The molecule has 0 unspecified atom stereocenters. The molecule has 0 bridgehead atoms. The van der Waals surface area contributed by atoms with Gasteiger partial charge in [-0.25, -0.2) is 0 Å². The second-order valence-electron chi connectivity index (χ2n) is 4.32. The first-order chi connectivity index (χ1) is 8.65. The normalized spacial score (nSPS) is 11.2. The first-order valence-electron chi connectivity index (χ1n) is 5.67. The number of aryl methyl sites for hydroxylation is 2. The minimum absolute atomic E-state index is 0.709. The first kappa shape index (κ1) is 11.2. The van der Waals surface area contributed by atoms with Crippen LogP contribution in [-0.2, 0) is 13.6 Å². The third-order valence-corrected chi connectivity index (χ3v) is 3.34. The molecule has 6 heteroatoms. The van der Waals surface area contributed by atoms with Crippen LogP contribution in [0.5, 0.6) is 0 Å². The van der Waals surface area contributed by atoms with E-state index in [1.165, 1.54) is 5.56 Å². The van der Waals surface area contributed by atoms with Crippen molar-refractivity contribution in [3.05, 3.63) is 40.7 Å². The third kappa shape index (κ3) is 1.74. The van der Waals surface area contributed by atoms with E-state index in [2.05, 4.69) is 19.6 Å². The van der Waals surface area contributed by atoms with Gasteiger partial charge in [-0.05, 0) is 25.2 Å². The second-order valence-corrected chi connectivity index (χ2v) is 4.71. The van der Waals surface area contributed by atoms with Gasteiger partial charge in [0.15, 0.2) is 4.77 Å². The molecule has 3 heterocycles. The zero-order valence-corrected chi connectivity index (χ0v) is 11.0. The van der Waals surface area contributed by atoms with Crippen LogP contribution >= 0.6 is 12.2 Å². The van der Waals surface area contributed by atoms with Gasteiger partial charge in [-0.3, -0.25) is 9.67 Å². The molecule has 0 atom stereocenters. The molecule has 0 saturated heterocycles. The molecule has 5 nitrogen and oxygen atoms in total. The number of aromatic nitrogens is 5. The number of nitrogens with zero attached hydrogens (tertiary/aromatic N) is 4. The number of aromatic amines is 1. The molecular weight excluding hydrogens is 246 g/mol. The van der Waals surface area contributed by atoms with Gasteiger partial charge in [-0.2, -0.15) is 5.10 Å². The number of H-pyrrole nitrogens is 1. The number of rotatable bonds is 2. The smallest absolute Gasteiger partial charge is 0.178 e. The van der Waals surface area contributed by atoms with Crippen LogP contribution in [0.2, 0.25) is 0 Å². The van der Waals surface area contributed by atoms with Crippen LogP contribution in [0.25, 0.3) is 11.0 Å². The zero-order chi connectivity index (χ0) is 12.7. The fraction of sp³-hybridized carbons (Fsp3) is 0.250. The molecule has 18 heavy (non-hydrogen) atoms. The van der Waals surface area contributed by atoms with Gasteiger partial charge < -0.3 is 9.55 Å². The van der Waals surface area contributed by atoms with Gasteiger partial charge in [0.25, 0.3) is 0 Å². The van der Waals surface area contributed by atoms with Crippen LogP contribution < -0.4 is 0 Å². The number of nitrogens with one attached hydrogen (secondary N) is 1. The summed E-state index contributed by atoms with van der Waals surface area (Å²) >= 11 is 5.35. The van der Waals surface area contributed by atoms with E-state index in [0.29, 0.717) is 4.77 Å². The van der Waals surface area contributed by atoms with E-state index in [9.17, 15) is 0 Å². The monoisotopic (exact) mass is 259 g/mol. The standard InChI is InChI=1S/C12H13N5S/c1-8-9(6-16(2)15-8)7-17-11-3-4-13-5-10(11)14-12(17)18/h3-6H,7H2,1-2H3,(H,14,18). The summed E-state index contributed by atoms with van der Waals surface area (Å²) in [4.78, 5) is 7.25. The minimum Gasteiger partial charge on any atom is -0.329 e. The summed E-state index contributed by atoms with van der Waals surface area (Å²) in [6.45, 7) is 2.73. The maximum atomic E-state index is 5.35. The van der Waals surface area contributed by atoms with Crippen molar-refractivity contribution in [2.24, 2.45) is 7.05 Å². The zero-order valence-electron chi connectivity index (χ0n) is 10.2. The molecule has 0 aliphatic heterocycles. The lowest BCUT2D eigenvalue weighted by Crippen LogP contribution is -2.00. The quantitative estimate of drug-likeness (QED) is 0.718. The van der Waals surface area contributed by atoms with Crippen molar-refractivity contribution in [1.29, 1.82) is 0 Å². The van der Waals surface area contributed by atoms with Gasteiger partial charge >= 0.3 is 0 Å². The Bertz CT molecular complexity index is 764. The summed E-state index contributed by atoms with van der Waals surface area (Å²) in [5, 5.41) is 4.35. The molecule has 0 spiro atoms. The van der Waals surface area contributed by atoms with E-state index in [4.69, 9.17) is 12.2 Å². The highest BCUT2D eigenvalue weighted by atomic mass is 32.1. The number of hydrogen-bond acceptors (Lipinski definition) is 3. The molecule has 0 saturated carbocycles. The van der Waals surface area contributed by atoms with Crippen molar-refractivity contribution in [2.75, 3.05) is 0 Å². The van der Waals surface area contributed by atoms with Gasteiger partial charge in [0, 0.05) is 25.0 Å². The van der Waals surface area contributed by atoms with E-state index < -0.39 is 0 Å². The summed E-state index contributed by atoms with van der Waals surface area (Å²) in [6, 6.07) is 1.97. The van der Waals surface area contributed by atoms with Crippen LogP contribution in [0, 0.1) is 11.7 Å². The molecule has 3 aromatic rings. The maximum absolute atomic E-state index is 5.35. The van der Waals surface area contributed by atoms with Crippen LogP contribution in [0.4, 0.5) is 0 Å². The Morgan fingerprint density at radius 2 is 2.28 bits per heavy atom. The number of imidazole rings is 1. The van der Waals surface area contributed by atoms with Crippen molar-refractivity contribution in [2.45, 2.75) is 13.5 Å². The van der Waals surface area contributed by atoms with Crippen molar-refractivity contribution in [1.82, 2.24) is 24.3 Å². The van der Waals surface area contributed by atoms with E-state index in [0.717, 1.165) is 23.3 Å². The van der Waals surface area contributed by atoms with Crippen LogP contribution in [0.3, 0.4) is 0 Å². The Hall–Kier alpha value is -1.95. The third-order valence-electron chi connectivity index (χ3n) is 3.02. The largest absolute Gasteiger partial charge is 0.329 e. The van der Waals surface area contributed by atoms with Gasteiger partial charge in [0.05, 0.1) is 29.5 Å². The number of fused-ring (bicyclic) bond motifs is 1. The van der Waals surface area contributed by atoms with Crippen molar-refractivity contribution >= 4 is 23.3 Å². The Kier molecular flexibility index (Phi) is 2.52. The molecule has 0 aromatic carbocycles. The fourth-order valence-electron chi connectivity index (χ4n) is 2.14. The van der Waals surface area contributed by atoms with Crippen molar-refractivity contribution in [3.8, 4) is 0 Å². The average Bonchev–Trinajstić information content (AvgIpc) is 2.81. The van der Waals surface area contributed by atoms with Crippen LogP contribution in [0.1, 0.15) is 11.3 Å². The van der Waals surface area contributed by atoms with Crippen LogP contribution in [-0.4, -0.2) is 24.3 Å². The number of hydrogen-bond donors (Lipinski definition) is 1. The Balaban J connectivity index is 2.12. The van der Waals surface area contributed by atoms with Crippen molar-refractivity contribution < 1.29 is 0 Å². The Labute approximate surface area is 109 Å². The second kappa shape index (κ2) is 4.06. The number of pyridine rings is 1. The lowest BCUT2D eigenvalue weighted by atomic mass is 10.2. The van der Waals surface area contributed by atoms with E-state index in [1.807, 2.05) is 30.9 Å². The summed E-state index contributed by atoms with van der Waals surface area (Å²) in [5.74, 6) is 0. The lowest BCUT2D eigenvalue weighted by Gasteiger charge is -2.02. The van der Waals surface area contributed by atoms with Crippen molar-refractivity contribution in [3.63, 3.8) is 0 Å². The maximum Gasteiger partial charge on any atom is 0.178 e. The summed E-state index contributed by atoms with van der Waals surface area (Å²) in [7, 11) is 1.93. The van der Waals surface area contributed by atoms with E-state index >= 15 is 0 Å². The van der Waals surface area contributed by atoms with Gasteiger partial charge in [-0.15, -0.1) is 0 Å². The molecule has 1 N–H and O–H groups in total. The summed E-state index contributed by atoms with van der Waals surface area (Å²) < 4.78 is 4.60. The molecule has 0 aliphatic rings. The van der Waals surface area contributed by atoms with E-state index in [-0.39, 0.29) is 0 Å². The fourth-order valence-corrected chi connectivity index (χ4v) is 2.41. The SMILES string of the molecule is Cc1nn(C)cc1Cn1c(=S)[nH]c2cnccc21. The Morgan fingerprint density at radius 3 is 3.00 bits per heavy atom. The highest BCUT2D eigenvalue weighted by Crippen LogP contribution is 2.15. The molecular formula is C12H13N5S. The lowest BCUT2D eigenvalue weighted by molar-refractivity contribution is 0.755. The topological polar surface area (TPSA) is 51.4 Å². The molecule has 0 aliphatic carbocycles. The predicted octanol–water partition coefficient (Wildman–Crippen LogP) is 2.18. The van der Waals surface area contributed by atoms with Gasteiger partial charge in [0.2, 0.25) is 0 Å². The van der Waals surface area contributed by atoms with Crippen LogP contribution in [0.15, 0.2) is 24.7 Å². The first-order valence-corrected chi connectivity index (χ1v) is 6.07. The molecule has 3 aromatic heterocycles. The Morgan fingerprint density at radius 1 is 1.44 bits per heavy atom.